The van der Waals surface area contributed by atoms with Crippen LogP contribution >= 0.6 is 11.6 Å². The highest BCUT2D eigenvalue weighted by Crippen LogP contribution is 2.34. The molecule has 1 fully saturated rings. The molecule has 2 rings (SSSR count). The minimum absolute atomic E-state index is 0.136. The van der Waals surface area contributed by atoms with Crippen molar-refractivity contribution in [3.63, 3.8) is 0 Å². The molecule has 110 valence electrons. The SMILES string of the molecule is CCC1CCC(N)C(Cc2cc(Cl)ccc2[N+](=O)[O-])C1. The Hall–Kier alpha value is -1.13. The Labute approximate surface area is 124 Å². The number of hydrogen-bond acceptors (Lipinski definition) is 3. The van der Waals surface area contributed by atoms with Gasteiger partial charge in [0, 0.05) is 22.7 Å². The molecule has 0 heterocycles. The Morgan fingerprint density at radius 2 is 2.20 bits per heavy atom. The number of benzene rings is 1. The largest absolute Gasteiger partial charge is 0.327 e. The van der Waals surface area contributed by atoms with Gasteiger partial charge >= 0.3 is 0 Å². The molecule has 5 heteroatoms. The molecular formula is C15H21ClN2O2. The summed E-state index contributed by atoms with van der Waals surface area (Å²) in [6.07, 6.45) is 5.04. The summed E-state index contributed by atoms with van der Waals surface area (Å²) in [6, 6.07) is 4.90. The molecule has 0 amide bonds. The average molecular weight is 297 g/mol. The molecular weight excluding hydrogens is 276 g/mol. The Morgan fingerprint density at radius 3 is 2.85 bits per heavy atom. The molecule has 0 aliphatic heterocycles. The van der Waals surface area contributed by atoms with Gasteiger partial charge in [-0.25, -0.2) is 0 Å². The van der Waals surface area contributed by atoms with Crippen molar-refractivity contribution in [3.05, 3.63) is 38.9 Å². The van der Waals surface area contributed by atoms with Gasteiger partial charge in [-0.3, -0.25) is 10.1 Å². The van der Waals surface area contributed by atoms with E-state index in [1.165, 1.54) is 12.5 Å². The van der Waals surface area contributed by atoms with Crippen molar-refractivity contribution in [2.45, 2.75) is 45.1 Å². The third-order valence-corrected chi connectivity index (χ3v) is 4.68. The molecule has 3 unspecified atom stereocenters. The second-order valence-electron chi connectivity index (χ2n) is 5.75. The van der Waals surface area contributed by atoms with E-state index in [0.717, 1.165) is 19.3 Å². The molecule has 1 aromatic rings. The molecule has 0 bridgehead atoms. The zero-order valence-corrected chi connectivity index (χ0v) is 12.5. The fraction of sp³-hybridized carbons (Fsp3) is 0.600. The number of nitro benzene ring substituents is 1. The third kappa shape index (κ3) is 3.49. The van der Waals surface area contributed by atoms with E-state index in [4.69, 9.17) is 17.3 Å². The standard InChI is InChI=1S/C15H21ClN2O2/c1-2-10-3-5-14(17)11(7-10)8-12-9-13(16)4-6-15(12)18(19)20/h4,6,9-11,14H,2-3,5,7-8,17H2,1H3. The Kier molecular flexibility index (Phi) is 5.00. The summed E-state index contributed by atoms with van der Waals surface area (Å²) in [4.78, 5) is 10.8. The van der Waals surface area contributed by atoms with Crippen LogP contribution in [-0.4, -0.2) is 11.0 Å². The minimum Gasteiger partial charge on any atom is -0.327 e. The summed E-state index contributed by atoms with van der Waals surface area (Å²) in [5, 5.41) is 11.7. The topological polar surface area (TPSA) is 69.2 Å². The summed E-state index contributed by atoms with van der Waals surface area (Å²) < 4.78 is 0. The van der Waals surface area contributed by atoms with E-state index < -0.39 is 0 Å². The van der Waals surface area contributed by atoms with Gasteiger partial charge in [-0.15, -0.1) is 0 Å². The first kappa shape index (κ1) is 15.3. The molecule has 1 aliphatic rings. The van der Waals surface area contributed by atoms with Crippen molar-refractivity contribution < 1.29 is 4.92 Å². The summed E-state index contributed by atoms with van der Waals surface area (Å²) in [6.45, 7) is 2.19. The molecule has 4 nitrogen and oxygen atoms in total. The highest BCUT2D eigenvalue weighted by atomic mass is 35.5. The first-order valence-corrected chi connectivity index (χ1v) is 7.57. The molecule has 0 radical (unpaired) electrons. The number of nitro groups is 1. The molecule has 20 heavy (non-hydrogen) atoms. The van der Waals surface area contributed by atoms with Gasteiger partial charge in [0.15, 0.2) is 0 Å². The lowest BCUT2D eigenvalue weighted by atomic mass is 9.75. The molecule has 0 aromatic heterocycles. The van der Waals surface area contributed by atoms with Crippen LogP contribution in [0.3, 0.4) is 0 Å². The first-order chi connectivity index (χ1) is 9.51. The molecule has 1 aliphatic carbocycles. The summed E-state index contributed by atoms with van der Waals surface area (Å²) >= 11 is 5.98. The minimum atomic E-state index is -0.336. The van der Waals surface area contributed by atoms with Crippen LogP contribution in [0, 0.1) is 22.0 Å². The summed E-state index contributed by atoms with van der Waals surface area (Å²) in [5.41, 5.74) is 7.07. The van der Waals surface area contributed by atoms with Gasteiger partial charge in [0.2, 0.25) is 0 Å². The van der Waals surface area contributed by atoms with Gasteiger partial charge < -0.3 is 5.73 Å². The maximum atomic E-state index is 11.1. The predicted molar refractivity (Wildman–Crippen MR) is 80.9 cm³/mol. The summed E-state index contributed by atoms with van der Waals surface area (Å²) in [5.74, 6) is 1.00. The molecule has 1 saturated carbocycles. The van der Waals surface area contributed by atoms with Crippen LogP contribution in [0.4, 0.5) is 5.69 Å². The normalized spacial score (nSPS) is 26.4. The molecule has 1 aromatic carbocycles. The van der Waals surface area contributed by atoms with Crippen molar-refractivity contribution >= 4 is 17.3 Å². The van der Waals surface area contributed by atoms with Crippen LogP contribution in [0.15, 0.2) is 18.2 Å². The van der Waals surface area contributed by atoms with Crippen molar-refractivity contribution in [3.8, 4) is 0 Å². The molecule has 0 spiro atoms. The Morgan fingerprint density at radius 1 is 1.45 bits per heavy atom. The van der Waals surface area contributed by atoms with Crippen LogP contribution in [0.2, 0.25) is 5.02 Å². The van der Waals surface area contributed by atoms with Gasteiger partial charge in [-0.2, -0.15) is 0 Å². The van der Waals surface area contributed by atoms with E-state index in [2.05, 4.69) is 6.92 Å². The van der Waals surface area contributed by atoms with Crippen LogP contribution in [0.5, 0.6) is 0 Å². The lowest BCUT2D eigenvalue weighted by Crippen LogP contribution is -2.37. The highest BCUT2D eigenvalue weighted by Gasteiger charge is 2.29. The van der Waals surface area contributed by atoms with E-state index in [0.29, 0.717) is 28.8 Å². The van der Waals surface area contributed by atoms with Crippen molar-refractivity contribution in [1.82, 2.24) is 0 Å². The summed E-state index contributed by atoms with van der Waals surface area (Å²) in [7, 11) is 0. The fourth-order valence-corrected chi connectivity index (χ4v) is 3.36. The van der Waals surface area contributed by atoms with Crippen molar-refractivity contribution in [2.75, 3.05) is 0 Å². The lowest BCUT2D eigenvalue weighted by molar-refractivity contribution is -0.385. The number of nitrogens with zero attached hydrogens (tertiary/aromatic N) is 1. The van der Waals surface area contributed by atoms with Crippen LogP contribution < -0.4 is 5.73 Å². The lowest BCUT2D eigenvalue weighted by Gasteiger charge is -2.33. The van der Waals surface area contributed by atoms with Crippen LogP contribution in [-0.2, 0) is 6.42 Å². The van der Waals surface area contributed by atoms with E-state index in [-0.39, 0.29) is 16.7 Å². The predicted octanol–water partition coefficient (Wildman–Crippen LogP) is 3.94. The van der Waals surface area contributed by atoms with Crippen molar-refractivity contribution in [2.24, 2.45) is 17.6 Å². The maximum absolute atomic E-state index is 11.1. The maximum Gasteiger partial charge on any atom is 0.272 e. The van der Waals surface area contributed by atoms with Gasteiger partial charge in [-0.1, -0.05) is 24.9 Å². The number of rotatable bonds is 4. The van der Waals surface area contributed by atoms with E-state index in [9.17, 15) is 10.1 Å². The first-order valence-electron chi connectivity index (χ1n) is 7.19. The third-order valence-electron chi connectivity index (χ3n) is 4.45. The second kappa shape index (κ2) is 6.55. The zero-order chi connectivity index (χ0) is 14.7. The van der Waals surface area contributed by atoms with Gasteiger partial charge in [0.25, 0.3) is 5.69 Å². The van der Waals surface area contributed by atoms with E-state index >= 15 is 0 Å². The van der Waals surface area contributed by atoms with Gasteiger partial charge in [0.05, 0.1) is 4.92 Å². The monoisotopic (exact) mass is 296 g/mol. The van der Waals surface area contributed by atoms with E-state index in [1.54, 1.807) is 12.1 Å². The zero-order valence-electron chi connectivity index (χ0n) is 11.7. The van der Waals surface area contributed by atoms with E-state index in [1.807, 2.05) is 0 Å². The average Bonchev–Trinajstić information content (AvgIpc) is 2.41. The highest BCUT2D eigenvalue weighted by molar-refractivity contribution is 6.30. The van der Waals surface area contributed by atoms with Crippen molar-refractivity contribution in [1.29, 1.82) is 0 Å². The molecule has 0 saturated heterocycles. The van der Waals surface area contributed by atoms with Crippen LogP contribution in [0.1, 0.15) is 38.2 Å². The number of hydrogen-bond donors (Lipinski definition) is 1. The molecule has 3 atom stereocenters. The number of nitrogens with two attached hydrogens (primary N) is 1. The van der Waals surface area contributed by atoms with Gasteiger partial charge in [-0.05, 0) is 49.7 Å². The quantitative estimate of drug-likeness (QED) is 0.675. The fourth-order valence-electron chi connectivity index (χ4n) is 3.17. The Bertz CT molecular complexity index is 493. The number of halogens is 1. The van der Waals surface area contributed by atoms with Gasteiger partial charge in [0.1, 0.15) is 0 Å². The Balaban J connectivity index is 2.19. The second-order valence-corrected chi connectivity index (χ2v) is 6.18. The smallest absolute Gasteiger partial charge is 0.272 e. The van der Waals surface area contributed by atoms with Crippen LogP contribution in [0.25, 0.3) is 0 Å². The molecule has 2 N–H and O–H groups in total.